The van der Waals surface area contributed by atoms with Crippen LogP contribution in [0, 0.1) is 6.92 Å². The van der Waals surface area contributed by atoms with Gasteiger partial charge in [0.05, 0.1) is 5.52 Å². The largest absolute Gasteiger partial charge is 0.383 e. The zero-order valence-electron chi connectivity index (χ0n) is 18.3. The molecular formula is C23H32N8. The quantitative estimate of drug-likeness (QED) is 0.359. The van der Waals surface area contributed by atoms with Crippen molar-refractivity contribution in [3.63, 3.8) is 0 Å². The fourth-order valence-electron chi connectivity index (χ4n) is 3.99. The number of hydrogen-bond donors (Lipinski definition) is 5. The van der Waals surface area contributed by atoms with Gasteiger partial charge in [0, 0.05) is 48.9 Å². The molecule has 2 aliphatic rings. The lowest BCUT2D eigenvalue weighted by Crippen LogP contribution is -2.45. The number of allylic oxidation sites excluding steroid dienone is 2. The molecule has 4 rings (SSSR count). The predicted molar refractivity (Wildman–Crippen MR) is 126 cm³/mol. The summed E-state index contributed by atoms with van der Waals surface area (Å²) in [6, 6.07) is 6.01. The third kappa shape index (κ3) is 4.74. The van der Waals surface area contributed by atoms with Crippen molar-refractivity contribution in [3.8, 4) is 0 Å². The summed E-state index contributed by atoms with van der Waals surface area (Å²) < 4.78 is 0. The van der Waals surface area contributed by atoms with E-state index in [1.165, 1.54) is 5.57 Å². The first kappa shape index (κ1) is 21.0. The van der Waals surface area contributed by atoms with E-state index < -0.39 is 0 Å². The maximum atomic E-state index is 6.56. The molecule has 1 aliphatic carbocycles. The van der Waals surface area contributed by atoms with Gasteiger partial charge in [-0.3, -0.25) is 5.10 Å². The lowest BCUT2D eigenvalue weighted by Gasteiger charge is -2.31. The fraction of sp³-hybridized carbons (Fsp3) is 0.391. The third-order valence-electron chi connectivity index (χ3n) is 5.82. The first-order valence-electron chi connectivity index (χ1n) is 10.9. The molecule has 0 amide bonds. The molecule has 0 saturated carbocycles. The molecule has 2 heterocycles. The van der Waals surface area contributed by atoms with Gasteiger partial charge < -0.3 is 27.0 Å². The van der Waals surface area contributed by atoms with Gasteiger partial charge in [-0.2, -0.15) is 5.10 Å². The van der Waals surface area contributed by atoms with Crippen LogP contribution in [0.5, 0.6) is 0 Å². The fourth-order valence-corrected chi connectivity index (χ4v) is 3.99. The Morgan fingerprint density at radius 3 is 2.77 bits per heavy atom. The Bertz CT molecular complexity index is 1050. The second kappa shape index (κ2) is 9.26. The van der Waals surface area contributed by atoms with Crippen LogP contribution < -0.4 is 22.1 Å². The van der Waals surface area contributed by atoms with Gasteiger partial charge >= 0.3 is 0 Å². The zero-order valence-corrected chi connectivity index (χ0v) is 18.3. The summed E-state index contributed by atoms with van der Waals surface area (Å²) in [5.74, 6) is 1.67. The van der Waals surface area contributed by atoms with Crippen LogP contribution >= 0.6 is 0 Å². The van der Waals surface area contributed by atoms with Gasteiger partial charge in [0.1, 0.15) is 11.7 Å². The minimum Gasteiger partial charge on any atom is -0.383 e. The number of amidine groups is 1. The number of benzene rings is 1. The molecule has 8 nitrogen and oxygen atoms in total. The minimum atomic E-state index is 0.0934. The lowest BCUT2D eigenvalue weighted by atomic mass is 10.0. The molecule has 0 bridgehead atoms. The summed E-state index contributed by atoms with van der Waals surface area (Å²) in [5.41, 5.74) is 17.0. The SMILES string of the molecule is Cc1[nH]nc2ccc(/C(N)=N/C(=C(\N)NC(C)C3=CCCC=C3)N3CCNCC3)cc12. The van der Waals surface area contributed by atoms with E-state index >= 15 is 0 Å². The van der Waals surface area contributed by atoms with Gasteiger partial charge in [0.15, 0.2) is 5.82 Å². The molecule has 1 aliphatic heterocycles. The minimum absolute atomic E-state index is 0.0934. The number of aromatic amines is 1. The highest BCUT2D eigenvalue weighted by Crippen LogP contribution is 2.19. The Morgan fingerprint density at radius 1 is 1.23 bits per heavy atom. The van der Waals surface area contributed by atoms with Crippen molar-refractivity contribution < 1.29 is 0 Å². The Hall–Kier alpha value is -3.26. The second-order valence-corrected chi connectivity index (χ2v) is 8.10. The smallest absolute Gasteiger partial charge is 0.171 e. The summed E-state index contributed by atoms with van der Waals surface area (Å²) in [6.07, 6.45) is 8.78. The van der Waals surface area contributed by atoms with E-state index in [1.54, 1.807) is 0 Å². The van der Waals surface area contributed by atoms with E-state index in [-0.39, 0.29) is 6.04 Å². The van der Waals surface area contributed by atoms with Crippen LogP contribution in [0.15, 0.2) is 58.6 Å². The van der Waals surface area contributed by atoms with E-state index in [0.717, 1.165) is 61.2 Å². The van der Waals surface area contributed by atoms with Crippen LogP contribution in [0.3, 0.4) is 0 Å². The van der Waals surface area contributed by atoms with Gasteiger partial charge in [-0.05, 0) is 50.5 Å². The first-order valence-corrected chi connectivity index (χ1v) is 10.9. The number of nitrogens with zero attached hydrogens (tertiary/aromatic N) is 3. The van der Waals surface area contributed by atoms with Crippen molar-refractivity contribution in [1.82, 2.24) is 25.7 Å². The van der Waals surface area contributed by atoms with E-state index in [0.29, 0.717) is 17.5 Å². The molecule has 1 fully saturated rings. The van der Waals surface area contributed by atoms with Crippen LogP contribution in [0.4, 0.5) is 0 Å². The van der Waals surface area contributed by atoms with Crippen LogP contribution in [0.2, 0.25) is 0 Å². The van der Waals surface area contributed by atoms with Gasteiger partial charge in [-0.15, -0.1) is 0 Å². The number of fused-ring (bicyclic) bond motifs is 1. The van der Waals surface area contributed by atoms with E-state index in [2.05, 4.69) is 50.9 Å². The highest BCUT2D eigenvalue weighted by Gasteiger charge is 2.19. The molecule has 31 heavy (non-hydrogen) atoms. The summed E-state index contributed by atoms with van der Waals surface area (Å²) in [4.78, 5) is 6.99. The molecule has 0 radical (unpaired) electrons. The average Bonchev–Trinajstić information content (AvgIpc) is 3.18. The number of hydrogen-bond acceptors (Lipinski definition) is 6. The van der Waals surface area contributed by atoms with E-state index in [4.69, 9.17) is 16.5 Å². The van der Waals surface area contributed by atoms with Crippen molar-refractivity contribution in [2.75, 3.05) is 26.2 Å². The zero-order chi connectivity index (χ0) is 21.8. The maximum absolute atomic E-state index is 6.56. The molecule has 164 valence electrons. The lowest BCUT2D eigenvalue weighted by molar-refractivity contribution is 0.291. The van der Waals surface area contributed by atoms with Gasteiger partial charge in [0.2, 0.25) is 0 Å². The number of aliphatic imine (C=N–C) groups is 1. The number of piperazine rings is 1. The summed E-state index contributed by atoms with van der Waals surface area (Å²) in [6.45, 7) is 7.53. The highest BCUT2D eigenvalue weighted by molar-refractivity contribution is 6.01. The monoisotopic (exact) mass is 420 g/mol. The number of nitrogens with two attached hydrogens (primary N) is 2. The van der Waals surface area contributed by atoms with E-state index in [9.17, 15) is 0 Å². The summed E-state index contributed by atoms with van der Waals surface area (Å²) in [7, 11) is 0. The Balaban J connectivity index is 1.65. The molecule has 0 spiro atoms. The Kier molecular flexibility index (Phi) is 6.27. The number of rotatable bonds is 6. The van der Waals surface area contributed by atoms with Gasteiger partial charge in [-0.1, -0.05) is 18.2 Å². The van der Waals surface area contributed by atoms with Crippen molar-refractivity contribution in [2.24, 2.45) is 16.5 Å². The number of nitrogens with one attached hydrogen (secondary N) is 3. The van der Waals surface area contributed by atoms with Crippen molar-refractivity contribution in [3.05, 3.63) is 64.9 Å². The van der Waals surface area contributed by atoms with Crippen molar-refractivity contribution in [1.29, 1.82) is 0 Å². The van der Waals surface area contributed by atoms with Crippen LogP contribution in [-0.2, 0) is 0 Å². The molecule has 8 heteroatoms. The summed E-state index contributed by atoms with van der Waals surface area (Å²) >= 11 is 0. The topological polar surface area (TPSA) is 120 Å². The molecule has 1 saturated heterocycles. The Morgan fingerprint density at radius 2 is 2.03 bits per heavy atom. The van der Waals surface area contributed by atoms with Crippen molar-refractivity contribution >= 4 is 16.7 Å². The predicted octanol–water partition coefficient (Wildman–Crippen LogP) is 1.82. The van der Waals surface area contributed by atoms with Crippen LogP contribution in [0.25, 0.3) is 10.9 Å². The molecule has 1 aromatic carbocycles. The highest BCUT2D eigenvalue weighted by atomic mass is 15.3. The second-order valence-electron chi connectivity index (χ2n) is 8.10. The molecule has 1 aromatic heterocycles. The van der Waals surface area contributed by atoms with Gasteiger partial charge in [-0.25, -0.2) is 4.99 Å². The number of H-pyrrole nitrogens is 1. The molecule has 2 aromatic rings. The standard InChI is InChI=1S/C23H32N8/c1-15(17-6-4-3-5-7-17)27-22(25)23(31-12-10-26-11-13-31)28-21(24)18-8-9-20-19(14-18)16(2)29-30-20/h4,6-9,14-15,26-27H,3,5,10-13,25H2,1-2H3,(H2,24,28)(H,29,30)/b23-22-. The number of aryl methyl sites for hydroxylation is 1. The van der Waals surface area contributed by atoms with E-state index in [1.807, 2.05) is 25.1 Å². The normalized spacial score (nSPS) is 19.2. The molecular weight excluding hydrogens is 388 g/mol. The average molecular weight is 421 g/mol. The van der Waals surface area contributed by atoms with Gasteiger partial charge in [0.25, 0.3) is 0 Å². The molecule has 7 N–H and O–H groups in total. The van der Waals surface area contributed by atoms with Crippen molar-refractivity contribution in [2.45, 2.75) is 32.7 Å². The molecule has 1 unspecified atom stereocenters. The van der Waals surface area contributed by atoms with Crippen LogP contribution in [0.1, 0.15) is 31.0 Å². The van der Waals surface area contributed by atoms with Crippen LogP contribution in [-0.4, -0.2) is 53.2 Å². The summed E-state index contributed by atoms with van der Waals surface area (Å²) in [5, 5.41) is 15.2. The first-order chi connectivity index (χ1) is 15.0. The molecule has 1 atom stereocenters. The number of aromatic nitrogens is 2. The Labute approximate surface area is 183 Å². The maximum Gasteiger partial charge on any atom is 0.171 e. The third-order valence-corrected chi connectivity index (χ3v) is 5.82.